The van der Waals surface area contributed by atoms with Crippen LogP contribution in [0.2, 0.25) is 0 Å². The Morgan fingerprint density at radius 3 is 2.62 bits per heavy atom. The Morgan fingerprint density at radius 1 is 1.12 bits per heavy atom. The van der Waals surface area contributed by atoms with Crippen LogP contribution in [0.5, 0.6) is 0 Å². The van der Waals surface area contributed by atoms with Crippen molar-refractivity contribution in [1.29, 1.82) is 0 Å². The van der Waals surface area contributed by atoms with E-state index >= 15 is 0 Å². The van der Waals surface area contributed by atoms with E-state index in [1.54, 1.807) is 0 Å². The third kappa shape index (κ3) is 4.25. The molecule has 0 N–H and O–H groups in total. The molecule has 1 saturated heterocycles. The summed E-state index contributed by atoms with van der Waals surface area (Å²) in [5.41, 5.74) is 5.20. The summed E-state index contributed by atoms with van der Waals surface area (Å²) in [7, 11) is 2.23. The first-order valence-electron chi connectivity index (χ1n) is 9.14. The Hall–Kier alpha value is -1.65. The van der Waals surface area contributed by atoms with Gasteiger partial charge in [-0.15, -0.1) is 0 Å². The molecule has 1 aliphatic rings. The number of aromatic nitrogens is 2. The zero-order chi connectivity index (χ0) is 16.9. The number of benzene rings is 1. The molecule has 0 amide bonds. The average molecular weight is 326 g/mol. The van der Waals surface area contributed by atoms with E-state index in [0.717, 1.165) is 13.1 Å². The monoisotopic (exact) mass is 326 g/mol. The van der Waals surface area contributed by atoms with Gasteiger partial charge in [-0.2, -0.15) is 5.10 Å². The summed E-state index contributed by atoms with van der Waals surface area (Å²) in [6, 6.07) is 6.54. The maximum absolute atomic E-state index is 4.45. The third-order valence-electron chi connectivity index (χ3n) is 4.94. The molecule has 0 unspecified atom stereocenters. The van der Waals surface area contributed by atoms with Gasteiger partial charge in [0.1, 0.15) is 0 Å². The van der Waals surface area contributed by atoms with Crippen LogP contribution in [0, 0.1) is 13.8 Å². The summed E-state index contributed by atoms with van der Waals surface area (Å²) in [6.45, 7) is 10.2. The van der Waals surface area contributed by atoms with Gasteiger partial charge in [0.2, 0.25) is 0 Å². The topological polar surface area (TPSA) is 24.3 Å². The SMILES string of the molecule is Cc1cc(C)c(-n2cccn2)c(CN(C)CCN2CCCCC2)c1. The molecule has 2 aromatic rings. The average Bonchev–Trinajstić information content (AvgIpc) is 3.07. The predicted molar refractivity (Wildman–Crippen MR) is 99.7 cm³/mol. The van der Waals surface area contributed by atoms with E-state index in [4.69, 9.17) is 0 Å². The van der Waals surface area contributed by atoms with Crippen LogP contribution in [0.4, 0.5) is 0 Å². The third-order valence-corrected chi connectivity index (χ3v) is 4.94. The first kappa shape index (κ1) is 17.2. The molecular weight excluding hydrogens is 296 g/mol. The Bertz CT molecular complexity index is 642. The van der Waals surface area contributed by atoms with Crippen molar-refractivity contribution in [2.45, 2.75) is 39.7 Å². The van der Waals surface area contributed by atoms with Crippen molar-refractivity contribution in [1.82, 2.24) is 19.6 Å². The molecule has 1 aromatic heterocycles. The molecule has 1 fully saturated rings. The highest BCUT2D eigenvalue weighted by Gasteiger charge is 2.14. The van der Waals surface area contributed by atoms with Crippen molar-refractivity contribution < 1.29 is 0 Å². The number of rotatable bonds is 6. The van der Waals surface area contributed by atoms with Crippen LogP contribution in [0.15, 0.2) is 30.6 Å². The highest BCUT2D eigenvalue weighted by atomic mass is 15.3. The van der Waals surface area contributed by atoms with Gasteiger partial charge in [-0.25, -0.2) is 4.68 Å². The van der Waals surface area contributed by atoms with Crippen LogP contribution in [0.25, 0.3) is 5.69 Å². The van der Waals surface area contributed by atoms with Crippen molar-refractivity contribution in [3.05, 3.63) is 47.3 Å². The number of nitrogens with zero attached hydrogens (tertiary/aromatic N) is 4. The minimum atomic E-state index is 0.964. The number of hydrogen-bond donors (Lipinski definition) is 0. The van der Waals surface area contributed by atoms with E-state index in [2.05, 4.69) is 47.9 Å². The van der Waals surface area contributed by atoms with E-state index in [0.29, 0.717) is 0 Å². The molecule has 4 nitrogen and oxygen atoms in total. The molecule has 0 radical (unpaired) electrons. The lowest BCUT2D eigenvalue weighted by atomic mass is 10.0. The Balaban J connectivity index is 1.69. The molecule has 4 heteroatoms. The summed E-state index contributed by atoms with van der Waals surface area (Å²) in [6.07, 6.45) is 8.02. The van der Waals surface area contributed by atoms with E-state index in [-0.39, 0.29) is 0 Å². The Labute approximate surface area is 146 Å². The zero-order valence-corrected chi connectivity index (χ0v) is 15.3. The molecule has 0 atom stereocenters. The van der Waals surface area contributed by atoms with Crippen LogP contribution in [0.3, 0.4) is 0 Å². The molecule has 0 bridgehead atoms. The molecule has 3 rings (SSSR count). The second-order valence-electron chi connectivity index (χ2n) is 7.18. The van der Waals surface area contributed by atoms with Crippen molar-refractivity contribution >= 4 is 0 Å². The fourth-order valence-corrected chi connectivity index (χ4v) is 3.76. The lowest BCUT2D eigenvalue weighted by Crippen LogP contribution is -2.36. The van der Waals surface area contributed by atoms with E-state index < -0.39 is 0 Å². The molecule has 2 heterocycles. The Kier molecular flexibility index (Phi) is 5.69. The normalized spacial score (nSPS) is 16.0. The minimum Gasteiger partial charge on any atom is -0.302 e. The van der Waals surface area contributed by atoms with Gasteiger partial charge in [0.05, 0.1) is 5.69 Å². The zero-order valence-electron chi connectivity index (χ0n) is 15.3. The number of likely N-dealkylation sites (tertiary alicyclic amines) is 1. The first-order valence-corrected chi connectivity index (χ1v) is 9.14. The van der Waals surface area contributed by atoms with Gasteiger partial charge in [0, 0.05) is 32.0 Å². The summed E-state index contributed by atoms with van der Waals surface area (Å²) in [4.78, 5) is 5.05. The Morgan fingerprint density at radius 2 is 1.92 bits per heavy atom. The summed E-state index contributed by atoms with van der Waals surface area (Å²) in [5, 5.41) is 4.45. The molecule has 130 valence electrons. The van der Waals surface area contributed by atoms with Gasteiger partial charge < -0.3 is 9.80 Å². The molecule has 1 aliphatic heterocycles. The van der Waals surface area contributed by atoms with Crippen LogP contribution in [0.1, 0.15) is 36.0 Å². The van der Waals surface area contributed by atoms with Gasteiger partial charge in [-0.3, -0.25) is 0 Å². The smallest absolute Gasteiger partial charge is 0.0719 e. The van der Waals surface area contributed by atoms with Crippen LogP contribution in [-0.4, -0.2) is 52.8 Å². The standard InChI is InChI=1S/C20H30N4/c1-17-14-18(2)20(24-11-7-8-21-24)19(15-17)16-22(3)12-13-23-9-5-4-6-10-23/h7-8,11,14-15H,4-6,9-10,12-13,16H2,1-3H3. The van der Waals surface area contributed by atoms with Crippen molar-refractivity contribution in [3.8, 4) is 5.69 Å². The summed E-state index contributed by atoms with van der Waals surface area (Å²) >= 11 is 0. The summed E-state index contributed by atoms with van der Waals surface area (Å²) in [5.74, 6) is 0. The minimum absolute atomic E-state index is 0.964. The highest BCUT2D eigenvalue weighted by Crippen LogP contribution is 2.22. The lowest BCUT2D eigenvalue weighted by molar-refractivity contribution is 0.194. The molecule has 0 aliphatic carbocycles. The van der Waals surface area contributed by atoms with E-state index in [1.807, 2.05) is 23.1 Å². The largest absolute Gasteiger partial charge is 0.302 e. The number of likely N-dealkylation sites (N-methyl/N-ethyl adjacent to an activating group) is 1. The molecule has 0 spiro atoms. The number of hydrogen-bond acceptors (Lipinski definition) is 3. The molecular formula is C20H30N4. The highest BCUT2D eigenvalue weighted by molar-refractivity contribution is 5.49. The maximum atomic E-state index is 4.45. The first-order chi connectivity index (χ1) is 11.6. The van der Waals surface area contributed by atoms with Crippen LogP contribution >= 0.6 is 0 Å². The summed E-state index contributed by atoms with van der Waals surface area (Å²) < 4.78 is 2.00. The second-order valence-corrected chi connectivity index (χ2v) is 7.18. The molecule has 0 saturated carbocycles. The van der Waals surface area contributed by atoms with E-state index in [1.165, 1.54) is 61.3 Å². The van der Waals surface area contributed by atoms with Crippen LogP contribution in [-0.2, 0) is 6.54 Å². The fraction of sp³-hybridized carbons (Fsp3) is 0.550. The van der Waals surface area contributed by atoms with Gasteiger partial charge >= 0.3 is 0 Å². The van der Waals surface area contributed by atoms with Crippen molar-refractivity contribution in [3.63, 3.8) is 0 Å². The van der Waals surface area contributed by atoms with Crippen LogP contribution < -0.4 is 0 Å². The quantitative estimate of drug-likeness (QED) is 0.813. The number of aryl methyl sites for hydroxylation is 2. The molecule has 24 heavy (non-hydrogen) atoms. The van der Waals surface area contributed by atoms with E-state index in [9.17, 15) is 0 Å². The van der Waals surface area contributed by atoms with Crippen molar-refractivity contribution in [2.24, 2.45) is 0 Å². The lowest BCUT2D eigenvalue weighted by Gasteiger charge is -2.29. The second kappa shape index (κ2) is 7.95. The van der Waals surface area contributed by atoms with Gasteiger partial charge in [0.25, 0.3) is 0 Å². The maximum Gasteiger partial charge on any atom is 0.0719 e. The molecule has 1 aromatic carbocycles. The van der Waals surface area contributed by atoms with Crippen molar-refractivity contribution in [2.75, 3.05) is 33.2 Å². The number of piperidine rings is 1. The fourth-order valence-electron chi connectivity index (χ4n) is 3.76. The predicted octanol–water partition coefficient (Wildman–Crippen LogP) is 3.41. The van der Waals surface area contributed by atoms with Gasteiger partial charge in [-0.1, -0.05) is 24.1 Å². The van der Waals surface area contributed by atoms with Gasteiger partial charge in [-0.05, 0) is 64.0 Å². The van der Waals surface area contributed by atoms with Gasteiger partial charge in [0.15, 0.2) is 0 Å².